The van der Waals surface area contributed by atoms with E-state index in [4.69, 9.17) is 5.11 Å². The highest BCUT2D eigenvalue weighted by molar-refractivity contribution is 7.89. The molecule has 0 spiro atoms. The van der Waals surface area contributed by atoms with Crippen LogP contribution in [0.3, 0.4) is 0 Å². The standard InChI is InChI=1S/C17H22N4O9S/c1-21-16(27)11(19-17(21)28)6-9-2-4-10(5-3-9)31(29,30)20-18-7-12(23)14(25)15(26)13(24)8-22/h2-7,12-15,20,22-26H,8H2,1H3,(H,19,28)/b11-6+,18-7-/t12-,13+,14-,15+/m0/s1. The largest absolute Gasteiger partial charge is 0.394 e. The molecule has 0 aromatic heterocycles. The highest BCUT2D eigenvalue weighted by atomic mass is 32.2. The van der Waals surface area contributed by atoms with Gasteiger partial charge in [0.15, 0.2) is 0 Å². The molecule has 1 aromatic rings. The zero-order valence-corrected chi connectivity index (χ0v) is 17.0. The summed E-state index contributed by atoms with van der Waals surface area (Å²) in [6.07, 6.45) is -5.40. The normalized spacial score (nSPS) is 20.1. The summed E-state index contributed by atoms with van der Waals surface area (Å²) in [5, 5.41) is 52.4. The van der Waals surface area contributed by atoms with Crippen molar-refractivity contribution in [2.24, 2.45) is 5.10 Å². The number of aliphatic hydroxyl groups is 5. The molecular formula is C17H22N4O9S. The molecule has 1 saturated heterocycles. The molecule has 0 aliphatic carbocycles. The number of aliphatic hydroxyl groups excluding tert-OH is 5. The van der Waals surface area contributed by atoms with Crippen LogP contribution in [0.2, 0.25) is 0 Å². The van der Waals surface area contributed by atoms with Crippen LogP contribution in [0.5, 0.6) is 0 Å². The Morgan fingerprint density at radius 2 is 1.74 bits per heavy atom. The van der Waals surface area contributed by atoms with Gasteiger partial charge in [-0.05, 0) is 23.8 Å². The number of sulfonamides is 1. The fraction of sp³-hybridized carbons (Fsp3) is 0.353. The Morgan fingerprint density at radius 3 is 2.26 bits per heavy atom. The average molecular weight is 458 g/mol. The summed E-state index contributed by atoms with van der Waals surface area (Å²) >= 11 is 0. The van der Waals surface area contributed by atoms with E-state index in [0.717, 1.165) is 4.90 Å². The van der Waals surface area contributed by atoms with Crippen LogP contribution in [-0.2, 0) is 14.8 Å². The van der Waals surface area contributed by atoms with Gasteiger partial charge in [-0.2, -0.15) is 13.5 Å². The van der Waals surface area contributed by atoms with Crippen molar-refractivity contribution in [3.63, 3.8) is 0 Å². The zero-order chi connectivity index (χ0) is 23.3. The summed E-state index contributed by atoms with van der Waals surface area (Å²) < 4.78 is 24.5. The molecule has 13 nitrogen and oxygen atoms in total. The molecule has 7 N–H and O–H groups in total. The molecular weight excluding hydrogens is 436 g/mol. The van der Waals surface area contributed by atoms with Gasteiger partial charge in [0.25, 0.3) is 15.9 Å². The number of imide groups is 1. The predicted octanol–water partition coefficient (Wildman–Crippen LogP) is -3.09. The molecule has 4 atom stereocenters. The first-order chi connectivity index (χ1) is 14.5. The van der Waals surface area contributed by atoms with Crippen LogP contribution in [0.15, 0.2) is 40.0 Å². The van der Waals surface area contributed by atoms with Gasteiger partial charge in [-0.1, -0.05) is 12.1 Å². The predicted molar refractivity (Wildman–Crippen MR) is 106 cm³/mol. The van der Waals surface area contributed by atoms with Crippen molar-refractivity contribution in [2.45, 2.75) is 29.3 Å². The fourth-order valence-corrected chi connectivity index (χ4v) is 3.19. The third-order valence-corrected chi connectivity index (χ3v) is 5.50. The number of carbonyl (C=O) groups excluding carboxylic acids is 2. The topological polar surface area (TPSA) is 209 Å². The number of hydrogen-bond donors (Lipinski definition) is 7. The first kappa shape index (κ1) is 24.4. The number of carbonyl (C=O) groups is 2. The van der Waals surface area contributed by atoms with E-state index in [1.54, 1.807) is 4.83 Å². The van der Waals surface area contributed by atoms with E-state index >= 15 is 0 Å². The maximum Gasteiger partial charge on any atom is 0.328 e. The number of likely N-dealkylation sites (N-methyl/N-ethyl adjacent to an activating group) is 1. The van der Waals surface area contributed by atoms with Crippen LogP contribution in [0.4, 0.5) is 4.79 Å². The molecule has 14 heteroatoms. The van der Waals surface area contributed by atoms with E-state index in [2.05, 4.69) is 10.4 Å². The molecule has 1 aromatic carbocycles. The first-order valence-electron chi connectivity index (χ1n) is 8.77. The molecule has 0 radical (unpaired) electrons. The van der Waals surface area contributed by atoms with E-state index in [1.807, 2.05) is 0 Å². The van der Waals surface area contributed by atoms with Gasteiger partial charge in [0.2, 0.25) is 0 Å². The second-order valence-electron chi connectivity index (χ2n) is 6.52. The zero-order valence-electron chi connectivity index (χ0n) is 16.2. The quantitative estimate of drug-likeness (QED) is 0.0864. The van der Waals surface area contributed by atoms with E-state index in [-0.39, 0.29) is 10.6 Å². The molecule has 1 heterocycles. The van der Waals surface area contributed by atoms with Crippen molar-refractivity contribution in [1.82, 2.24) is 15.0 Å². The summed E-state index contributed by atoms with van der Waals surface area (Å²) in [5.74, 6) is -0.532. The van der Waals surface area contributed by atoms with Crippen molar-refractivity contribution in [2.75, 3.05) is 13.7 Å². The summed E-state index contributed by atoms with van der Waals surface area (Å²) in [5.41, 5.74) is 0.475. The van der Waals surface area contributed by atoms with Crippen LogP contribution in [0, 0.1) is 0 Å². The molecule has 0 bridgehead atoms. The summed E-state index contributed by atoms with van der Waals surface area (Å²) in [4.78, 5) is 25.7. The number of nitrogens with zero attached hydrogens (tertiary/aromatic N) is 2. The van der Waals surface area contributed by atoms with Crippen LogP contribution in [-0.4, -0.2) is 95.1 Å². The number of benzene rings is 1. The Kier molecular flexibility index (Phi) is 7.83. The maximum atomic E-state index is 12.2. The highest BCUT2D eigenvalue weighted by Gasteiger charge is 2.30. The molecule has 0 unspecified atom stereocenters. The van der Waals surface area contributed by atoms with E-state index in [9.17, 15) is 38.4 Å². The number of nitrogens with one attached hydrogen (secondary N) is 2. The third kappa shape index (κ3) is 5.84. The van der Waals surface area contributed by atoms with Crippen LogP contribution in [0.1, 0.15) is 5.56 Å². The lowest BCUT2D eigenvalue weighted by atomic mass is 10.0. The highest BCUT2D eigenvalue weighted by Crippen LogP contribution is 2.15. The Balaban J connectivity index is 2.04. The van der Waals surface area contributed by atoms with E-state index < -0.39 is 53.0 Å². The average Bonchev–Trinajstić information content (AvgIpc) is 2.98. The minimum absolute atomic E-state index is 0.0341. The van der Waals surface area contributed by atoms with Crippen molar-refractivity contribution in [3.8, 4) is 0 Å². The lowest BCUT2D eigenvalue weighted by Gasteiger charge is -2.23. The number of urea groups is 1. The summed E-state index contributed by atoms with van der Waals surface area (Å²) in [6.45, 7) is -0.862. The van der Waals surface area contributed by atoms with Crippen LogP contribution >= 0.6 is 0 Å². The number of rotatable bonds is 9. The SMILES string of the molecule is CN1C(=O)N/C(=C/c2ccc(S(=O)(=O)N/N=C\[C@H](O)[C@H](O)[C@H](O)[C@H](O)CO)cc2)C1=O. The summed E-state index contributed by atoms with van der Waals surface area (Å²) in [7, 11) is -2.84. The van der Waals surface area contributed by atoms with E-state index in [1.165, 1.54) is 37.4 Å². The molecule has 1 aliphatic heterocycles. The summed E-state index contributed by atoms with van der Waals surface area (Å²) in [6, 6.07) is 4.61. The van der Waals surface area contributed by atoms with Gasteiger partial charge in [-0.3, -0.25) is 9.69 Å². The number of hydrogen-bond acceptors (Lipinski definition) is 10. The fourth-order valence-electron chi connectivity index (χ4n) is 2.39. The Morgan fingerprint density at radius 1 is 1.13 bits per heavy atom. The molecule has 170 valence electrons. The molecule has 2 rings (SSSR count). The van der Waals surface area contributed by atoms with Gasteiger partial charge in [0, 0.05) is 7.05 Å². The van der Waals surface area contributed by atoms with Crippen molar-refractivity contribution in [1.29, 1.82) is 0 Å². The number of hydrazone groups is 1. The Bertz CT molecular complexity index is 978. The van der Waals surface area contributed by atoms with Gasteiger partial charge in [-0.25, -0.2) is 9.63 Å². The minimum atomic E-state index is -4.15. The lowest BCUT2D eigenvalue weighted by molar-refractivity contribution is -0.121. The molecule has 31 heavy (non-hydrogen) atoms. The Labute approximate surface area is 177 Å². The second-order valence-corrected chi connectivity index (χ2v) is 8.18. The molecule has 3 amide bonds. The van der Waals surface area contributed by atoms with Gasteiger partial charge in [-0.15, -0.1) is 0 Å². The van der Waals surface area contributed by atoms with Gasteiger partial charge >= 0.3 is 6.03 Å². The van der Waals surface area contributed by atoms with Crippen molar-refractivity contribution >= 4 is 34.3 Å². The third-order valence-electron chi connectivity index (χ3n) is 4.26. The molecule has 1 aliphatic rings. The van der Waals surface area contributed by atoms with Gasteiger partial charge in [0.05, 0.1) is 17.7 Å². The first-order valence-corrected chi connectivity index (χ1v) is 10.2. The molecule has 1 fully saturated rings. The van der Waals surface area contributed by atoms with Crippen LogP contribution in [0.25, 0.3) is 6.08 Å². The Hall–Kier alpha value is -2.88. The van der Waals surface area contributed by atoms with Crippen molar-refractivity contribution in [3.05, 3.63) is 35.5 Å². The maximum absolute atomic E-state index is 12.2. The second kappa shape index (κ2) is 9.95. The number of amides is 3. The van der Waals surface area contributed by atoms with Crippen LogP contribution < -0.4 is 10.1 Å². The van der Waals surface area contributed by atoms with Gasteiger partial charge < -0.3 is 30.8 Å². The molecule has 0 saturated carbocycles. The van der Waals surface area contributed by atoms with E-state index in [0.29, 0.717) is 11.8 Å². The monoisotopic (exact) mass is 458 g/mol. The van der Waals surface area contributed by atoms with Gasteiger partial charge in [0.1, 0.15) is 30.1 Å². The van der Waals surface area contributed by atoms with Crippen molar-refractivity contribution < 1.29 is 43.5 Å². The minimum Gasteiger partial charge on any atom is -0.394 e. The smallest absolute Gasteiger partial charge is 0.328 e. The lowest BCUT2D eigenvalue weighted by Crippen LogP contribution is -2.46.